The third-order valence-electron chi connectivity index (χ3n) is 1.94. The lowest BCUT2D eigenvalue weighted by molar-refractivity contribution is 0.0595. The zero-order valence-corrected chi connectivity index (χ0v) is 11.3. The fraction of sp³-hybridized carbons (Fsp3) is 0.200. The van der Waals surface area contributed by atoms with Crippen LogP contribution in [-0.2, 0) is 11.3 Å². The summed E-state index contributed by atoms with van der Waals surface area (Å²) in [5.41, 5.74) is 0.323. The predicted octanol–water partition coefficient (Wildman–Crippen LogP) is 3.26. The molecule has 0 saturated heterocycles. The molecule has 90 valence electrons. The molecule has 0 saturated carbocycles. The van der Waals surface area contributed by atoms with E-state index in [-0.39, 0.29) is 0 Å². The fourth-order valence-corrected chi connectivity index (χ4v) is 2.87. The number of anilines is 1. The smallest absolute Gasteiger partial charge is 0.357 e. The number of halogens is 1. The van der Waals surface area contributed by atoms with Crippen molar-refractivity contribution in [2.75, 3.05) is 12.4 Å². The lowest BCUT2D eigenvalue weighted by Crippen LogP contribution is -2.02. The van der Waals surface area contributed by atoms with Crippen LogP contribution in [0, 0.1) is 0 Å². The molecule has 0 unspecified atom stereocenters. The maximum absolute atomic E-state index is 11.2. The van der Waals surface area contributed by atoms with Gasteiger partial charge in [0.15, 0.2) is 10.8 Å². The molecular weight excluding hydrogens is 280 g/mol. The standard InChI is InChI=1S/C10H9ClN2O2S2/c1-15-9(14)7-5-16-10(13-7)12-4-6-2-3-8(11)17-6/h2-3,5H,4H2,1H3,(H,12,13). The molecule has 0 bridgehead atoms. The topological polar surface area (TPSA) is 51.2 Å². The van der Waals surface area contributed by atoms with Crippen LogP contribution in [-0.4, -0.2) is 18.1 Å². The Morgan fingerprint density at radius 1 is 1.59 bits per heavy atom. The van der Waals surface area contributed by atoms with Gasteiger partial charge in [-0.05, 0) is 12.1 Å². The Morgan fingerprint density at radius 3 is 3.06 bits per heavy atom. The van der Waals surface area contributed by atoms with Crippen LogP contribution in [0.15, 0.2) is 17.5 Å². The van der Waals surface area contributed by atoms with Crippen LogP contribution in [0.3, 0.4) is 0 Å². The third kappa shape index (κ3) is 3.18. The number of thiazole rings is 1. The highest BCUT2D eigenvalue weighted by atomic mass is 35.5. The number of carbonyl (C=O) groups excluding carboxylic acids is 1. The molecule has 2 rings (SSSR count). The Bertz CT molecular complexity index is 524. The van der Waals surface area contributed by atoms with Gasteiger partial charge >= 0.3 is 5.97 Å². The SMILES string of the molecule is COC(=O)c1csc(NCc2ccc(Cl)s2)n1. The number of aromatic nitrogens is 1. The summed E-state index contributed by atoms with van der Waals surface area (Å²) in [7, 11) is 1.34. The summed E-state index contributed by atoms with van der Waals surface area (Å²) in [5, 5.41) is 5.48. The molecule has 1 N–H and O–H groups in total. The number of hydrogen-bond acceptors (Lipinski definition) is 6. The number of thiophene rings is 1. The molecule has 0 fully saturated rings. The number of nitrogens with zero attached hydrogens (tertiary/aromatic N) is 1. The maximum atomic E-state index is 11.2. The number of methoxy groups -OCH3 is 1. The van der Waals surface area contributed by atoms with Crippen LogP contribution in [0.4, 0.5) is 5.13 Å². The van der Waals surface area contributed by atoms with Gasteiger partial charge in [-0.3, -0.25) is 0 Å². The quantitative estimate of drug-likeness (QED) is 0.878. The Balaban J connectivity index is 1.95. The van der Waals surface area contributed by atoms with Crippen molar-refractivity contribution in [2.24, 2.45) is 0 Å². The van der Waals surface area contributed by atoms with E-state index in [9.17, 15) is 4.79 Å². The molecule has 0 amide bonds. The zero-order valence-electron chi connectivity index (χ0n) is 8.90. The summed E-state index contributed by atoms with van der Waals surface area (Å²) in [6.07, 6.45) is 0. The van der Waals surface area contributed by atoms with Crippen LogP contribution in [0.25, 0.3) is 0 Å². The van der Waals surface area contributed by atoms with Gasteiger partial charge in [-0.15, -0.1) is 22.7 Å². The molecule has 0 aliphatic rings. The van der Waals surface area contributed by atoms with Gasteiger partial charge < -0.3 is 10.1 Å². The van der Waals surface area contributed by atoms with E-state index in [4.69, 9.17) is 11.6 Å². The molecule has 0 atom stereocenters. The maximum Gasteiger partial charge on any atom is 0.357 e. The van der Waals surface area contributed by atoms with Crippen molar-refractivity contribution in [1.29, 1.82) is 0 Å². The highest BCUT2D eigenvalue weighted by Crippen LogP contribution is 2.23. The second kappa shape index (κ2) is 5.48. The molecule has 0 aliphatic heterocycles. The van der Waals surface area contributed by atoms with Crippen LogP contribution < -0.4 is 5.32 Å². The summed E-state index contributed by atoms with van der Waals surface area (Å²) in [6.45, 7) is 0.644. The van der Waals surface area contributed by atoms with Gasteiger partial charge in [0.05, 0.1) is 18.0 Å². The predicted molar refractivity (Wildman–Crippen MR) is 70.1 cm³/mol. The minimum absolute atomic E-state index is 0.323. The first kappa shape index (κ1) is 12.3. The van der Waals surface area contributed by atoms with Crippen molar-refractivity contribution in [3.05, 3.63) is 32.4 Å². The van der Waals surface area contributed by atoms with Crippen molar-refractivity contribution < 1.29 is 9.53 Å². The molecule has 0 spiro atoms. The van der Waals surface area contributed by atoms with E-state index in [1.54, 1.807) is 5.38 Å². The van der Waals surface area contributed by atoms with Crippen molar-refractivity contribution in [2.45, 2.75) is 6.54 Å². The number of esters is 1. The van der Waals surface area contributed by atoms with Gasteiger partial charge in [0.25, 0.3) is 0 Å². The third-order valence-corrected chi connectivity index (χ3v) is 3.97. The van der Waals surface area contributed by atoms with Gasteiger partial charge in [0, 0.05) is 10.3 Å². The van der Waals surface area contributed by atoms with E-state index in [1.165, 1.54) is 29.8 Å². The normalized spacial score (nSPS) is 10.2. The van der Waals surface area contributed by atoms with Crippen LogP contribution in [0.2, 0.25) is 4.34 Å². The zero-order chi connectivity index (χ0) is 12.3. The second-order valence-electron chi connectivity index (χ2n) is 3.09. The van der Waals surface area contributed by atoms with Gasteiger partial charge in [0.2, 0.25) is 0 Å². The summed E-state index contributed by atoms with van der Waals surface area (Å²) >= 11 is 8.70. The molecule has 2 heterocycles. The van der Waals surface area contributed by atoms with Gasteiger partial charge in [-0.2, -0.15) is 0 Å². The second-order valence-corrected chi connectivity index (χ2v) is 5.75. The molecule has 0 radical (unpaired) electrons. The summed E-state index contributed by atoms with van der Waals surface area (Å²) in [5.74, 6) is -0.423. The summed E-state index contributed by atoms with van der Waals surface area (Å²) < 4.78 is 5.34. The van der Waals surface area contributed by atoms with Crippen LogP contribution in [0.5, 0.6) is 0 Å². The first-order valence-corrected chi connectivity index (χ1v) is 6.78. The molecule has 17 heavy (non-hydrogen) atoms. The van der Waals surface area contributed by atoms with Crippen molar-refractivity contribution in [3.63, 3.8) is 0 Å². The molecular formula is C10H9ClN2O2S2. The average molecular weight is 289 g/mol. The summed E-state index contributed by atoms with van der Waals surface area (Å²) in [4.78, 5) is 16.4. The van der Waals surface area contributed by atoms with E-state index >= 15 is 0 Å². The molecule has 7 heteroatoms. The highest BCUT2D eigenvalue weighted by molar-refractivity contribution is 7.16. The number of ether oxygens (including phenoxy) is 1. The minimum atomic E-state index is -0.423. The molecule has 4 nitrogen and oxygen atoms in total. The average Bonchev–Trinajstić information content (AvgIpc) is 2.94. The Kier molecular flexibility index (Phi) is 3.98. The van der Waals surface area contributed by atoms with Crippen molar-refractivity contribution in [3.8, 4) is 0 Å². The fourth-order valence-electron chi connectivity index (χ4n) is 1.16. The van der Waals surface area contributed by atoms with Gasteiger partial charge in [-0.25, -0.2) is 9.78 Å². The first-order chi connectivity index (χ1) is 8.19. The molecule has 0 aliphatic carbocycles. The number of carbonyl (C=O) groups is 1. The van der Waals surface area contributed by atoms with Crippen molar-refractivity contribution >= 4 is 45.4 Å². The van der Waals surface area contributed by atoms with Crippen LogP contribution >= 0.6 is 34.3 Å². The van der Waals surface area contributed by atoms with Gasteiger partial charge in [-0.1, -0.05) is 11.6 Å². The summed E-state index contributed by atoms with van der Waals surface area (Å²) in [6, 6.07) is 3.81. The minimum Gasteiger partial charge on any atom is -0.464 e. The lowest BCUT2D eigenvalue weighted by Gasteiger charge is -1.98. The monoisotopic (exact) mass is 288 g/mol. The van der Waals surface area contributed by atoms with E-state index in [2.05, 4.69) is 15.0 Å². The lowest BCUT2D eigenvalue weighted by atomic mass is 10.5. The van der Waals surface area contributed by atoms with E-state index in [0.29, 0.717) is 17.4 Å². The number of rotatable bonds is 4. The van der Waals surface area contributed by atoms with E-state index < -0.39 is 5.97 Å². The van der Waals surface area contributed by atoms with E-state index in [1.807, 2.05) is 12.1 Å². The van der Waals surface area contributed by atoms with Crippen molar-refractivity contribution in [1.82, 2.24) is 4.98 Å². The van der Waals surface area contributed by atoms with Crippen LogP contribution in [0.1, 0.15) is 15.4 Å². The first-order valence-electron chi connectivity index (χ1n) is 4.71. The van der Waals surface area contributed by atoms with Gasteiger partial charge in [0.1, 0.15) is 0 Å². The molecule has 0 aromatic carbocycles. The van der Waals surface area contributed by atoms with E-state index in [0.717, 1.165) is 9.21 Å². The Labute approximate surface area is 111 Å². The largest absolute Gasteiger partial charge is 0.464 e. The molecule has 2 aromatic rings. The number of nitrogens with one attached hydrogen (secondary N) is 1. The Morgan fingerprint density at radius 2 is 2.41 bits per heavy atom. The Hall–Kier alpha value is -1.11. The number of hydrogen-bond donors (Lipinski definition) is 1. The molecule has 2 aromatic heterocycles. The highest BCUT2D eigenvalue weighted by Gasteiger charge is 2.10.